The molecule has 3 aliphatic carbocycles. The largest absolute Gasteiger partial charge is 0.481 e. The molecule has 1 amide bonds. The van der Waals surface area contributed by atoms with Crippen molar-refractivity contribution >= 4 is 11.9 Å². The number of hydrogen-bond acceptors (Lipinski definition) is 2. The van der Waals surface area contributed by atoms with Crippen LogP contribution >= 0.6 is 0 Å². The Morgan fingerprint density at radius 2 is 1.83 bits per heavy atom. The van der Waals surface area contributed by atoms with Crippen LogP contribution in [-0.2, 0) is 9.59 Å². The normalized spacial score (nSPS) is 42.1. The minimum absolute atomic E-state index is 0.0951. The SMILES string of the molecule is O=C(N[C@H]1CC[C@@H](C(=O)O)C1)C1CC2CCC1C2. The van der Waals surface area contributed by atoms with E-state index >= 15 is 0 Å². The van der Waals surface area contributed by atoms with E-state index in [0.29, 0.717) is 18.8 Å². The first-order chi connectivity index (χ1) is 8.63. The van der Waals surface area contributed by atoms with E-state index in [-0.39, 0.29) is 23.8 Å². The molecule has 4 nitrogen and oxygen atoms in total. The van der Waals surface area contributed by atoms with Gasteiger partial charge in [-0.3, -0.25) is 9.59 Å². The minimum Gasteiger partial charge on any atom is -0.481 e. The van der Waals surface area contributed by atoms with Crippen molar-refractivity contribution in [2.45, 2.75) is 51.0 Å². The standard InChI is InChI=1S/C14H21NO3/c16-13(12-6-8-1-2-9(12)5-8)15-11-4-3-10(7-11)14(17)18/h8-12H,1-7H2,(H,15,16)(H,17,18)/t8?,9?,10-,11+,12?/m1/s1. The average molecular weight is 251 g/mol. The highest BCUT2D eigenvalue weighted by atomic mass is 16.4. The Morgan fingerprint density at radius 1 is 1.00 bits per heavy atom. The van der Waals surface area contributed by atoms with Gasteiger partial charge in [0.1, 0.15) is 0 Å². The number of carbonyl (C=O) groups is 2. The highest BCUT2D eigenvalue weighted by molar-refractivity contribution is 5.80. The fraction of sp³-hybridized carbons (Fsp3) is 0.857. The van der Waals surface area contributed by atoms with Crippen molar-refractivity contribution in [2.24, 2.45) is 23.7 Å². The summed E-state index contributed by atoms with van der Waals surface area (Å²) in [7, 11) is 0. The van der Waals surface area contributed by atoms with Gasteiger partial charge in [0, 0.05) is 12.0 Å². The fourth-order valence-corrected chi connectivity index (χ4v) is 4.21. The zero-order valence-corrected chi connectivity index (χ0v) is 10.6. The van der Waals surface area contributed by atoms with Crippen molar-refractivity contribution in [1.29, 1.82) is 0 Å². The van der Waals surface area contributed by atoms with Crippen LogP contribution in [0.15, 0.2) is 0 Å². The number of amides is 1. The molecule has 3 saturated carbocycles. The summed E-state index contributed by atoms with van der Waals surface area (Å²) in [5.41, 5.74) is 0. The molecule has 0 aromatic heterocycles. The van der Waals surface area contributed by atoms with Crippen LogP contribution in [0.2, 0.25) is 0 Å². The van der Waals surface area contributed by atoms with E-state index in [0.717, 1.165) is 18.8 Å². The molecule has 0 saturated heterocycles. The third-order valence-corrected chi connectivity index (χ3v) is 5.20. The van der Waals surface area contributed by atoms with E-state index in [1.807, 2.05) is 0 Å². The summed E-state index contributed by atoms with van der Waals surface area (Å²) in [6, 6.07) is 0.0951. The van der Waals surface area contributed by atoms with Gasteiger partial charge in [0.2, 0.25) is 5.91 Å². The maximum Gasteiger partial charge on any atom is 0.306 e. The summed E-state index contributed by atoms with van der Waals surface area (Å²) in [5, 5.41) is 12.0. The van der Waals surface area contributed by atoms with Crippen molar-refractivity contribution in [3.05, 3.63) is 0 Å². The summed E-state index contributed by atoms with van der Waals surface area (Å²) in [6.45, 7) is 0. The second kappa shape index (κ2) is 4.56. The quantitative estimate of drug-likeness (QED) is 0.803. The van der Waals surface area contributed by atoms with Gasteiger partial charge in [-0.25, -0.2) is 0 Å². The summed E-state index contributed by atoms with van der Waals surface area (Å²) in [6.07, 6.45) is 6.96. The van der Waals surface area contributed by atoms with Gasteiger partial charge in [0.25, 0.3) is 0 Å². The molecule has 3 rings (SSSR count). The summed E-state index contributed by atoms with van der Waals surface area (Å²) >= 11 is 0. The Morgan fingerprint density at radius 3 is 2.39 bits per heavy atom. The smallest absolute Gasteiger partial charge is 0.306 e. The van der Waals surface area contributed by atoms with Gasteiger partial charge in [0.05, 0.1) is 5.92 Å². The lowest BCUT2D eigenvalue weighted by Crippen LogP contribution is -2.39. The molecule has 2 N–H and O–H groups in total. The molecule has 0 aromatic carbocycles. The van der Waals surface area contributed by atoms with Gasteiger partial charge >= 0.3 is 5.97 Å². The van der Waals surface area contributed by atoms with Gasteiger partial charge in [-0.2, -0.15) is 0 Å². The first kappa shape index (κ1) is 12.0. The third-order valence-electron chi connectivity index (χ3n) is 5.20. The number of carboxylic acid groups (broad SMARTS) is 1. The summed E-state index contributed by atoms with van der Waals surface area (Å²) in [4.78, 5) is 23.1. The second-order valence-electron chi connectivity index (χ2n) is 6.34. The molecule has 0 radical (unpaired) electrons. The van der Waals surface area contributed by atoms with E-state index in [1.165, 1.54) is 19.3 Å². The van der Waals surface area contributed by atoms with E-state index in [1.54, 1.807) is 0 Å². The highest BCUT2D eigenvalue weighted by Gasteiger charge is 2.43. The number of hydrogen-bond donors (Lipinski definition) is 2. The maximum absolute atomic E-state index is 12.2. The van der Waals surface area contributed by atoms with Crippen molar-refractivity contribution in [1.82, 2.24) is 5.32 Å². The molecule has 5 atom stereocenters. The Bertz CT molecular complexity index is 368. The number of carboxylic acids is 1. The Hall–Kier alpha value is -1.06. The van der Waals surface area contributed by atoms with Gasteiger partial charge in [-0.15, -0.1) is 0 Å². The molecule has 4 heteroatoms. The van der Waals surface area contributed by atoms with E-state index < -0.39 is 5.97 Å². The molecule has 2 bridgehead atoms. The summed E-state index contributed by atoms with van der Waals surface area (Å²) in [5.74, 6) is 0.820. The average Bonchev–Trinajstić information content (AvgIpc) is 3.03. The lowest BCUT2D eigenvalue weighted by Gasteiger charge is -2.23. The van der Waals surface area contributed by atoms with Crippen molar-refractivity contribution in [2.75, 3.05) is 0 Å². The van der Waals surface area contributed by atoms with Gasteiger partial charge in [-0.05, 0) is 50.4 Å². The molecule has 0 aliphatic heterocycles. The van der Waals surface area contributed by atoms with E-state index in [2.05, 4.69) is 5.32 Å². The van der Waals surface area contributed by atoms with Crippen molar-refractivity contribution in [3.8, 4) is 0 Å². The van der Waals surface area contributed by atoms with Gasteiger partial charge < -0.3 is 10.4 Å². The van der Waals surface area contributed by atoms with Crippen LogP contribution in [-0.4, -0.2) is 23.0 Å². The third kappa shape index (κ3) is 2.13. The summed E-state index contributed by atoms with van der Waals surface area (Å²) < 4.78 is 0. The molecule has 0 spiro atoms. The second-order valence-corrected chi connectivity index (χ2v) is 6.34. The van der Waals surface area contributed by atoms with Crippen LogP contribution in [0.3, 0.4) is 0 Å². The van der Waals surface area contributed by atoms with Gasteiger partial charge in [0.15, 0.2) is 0 Å². The van der Waals surface area contributed by atoms with Crippen LogP contribution in [0.25, 0.3) is 0 Å². The van der Waals surface area contributed by atoms with Crippen LogP contribution in [0, 0.1) is 23.7 Å². The number of rotatable bonds is 3. The number of aliphatic carboxylic acids is 1. The van der Waals surface area contributed by atoms with E-state index in [4.69, 9.17) is 5.11 Å². The number of carbonyl (C=O) groups excluding carboxylic acids is 1. The Kier molecular flexibility index (Phi) is 3.04. The lowest BCUT2D eigenvalue weighted by atomic mass is 9.88. The number of fused-ring (bicyclic) bond motifs is 2. The first-order valence-corrected chi connectivity index (χ1v) is 7.16. The van der Waals surface area contributed by atoms with E-state index in [9.17, 15) is 9.59 Å². The minimum atomic E-state index is -0.716. The van der Waals surface area contributed by atoms with Crippen molar-refractivity contribution < 1.29 is 14.7 Å². The number of nitrogens with one attached hydrogen (secondary N) is 1. The maximum atomic E-state index is 12.2. The van der Waals surface area contributed by atoms with Crippen LogP contribution in [0.1, 0.15) is 44.9 Å². The lowest BCUT2D eigenvalue weighted by molar-refractivity contribution is -0.141. The first-order valence-electron chi connectivity index (χ1n) is 7.16. The molecule has 0 aromatic rings. The Balaban J connectivity index is 1.51. The highest BCUT2D eigenvalue weighted by Crippen LogP contribution is 2.48. The molecule has 18 heavy (non-hydrogen) atoms. The molecular formula is C14H21NO3. The van der Waals surface area contributed by atoms with Gasteiger partial charge in [-0.1, -0.05) is 6.42 Å². The predicted octanol–water partition coefficient (Wildman–Crippen LogP) is 1.79. The molecule has 3 aliphatic rings. The van der Waals surface area contributed by atoms with Crippen LogP contribution in [0.4, 0.5) is 0 Å². The molecular weight excluding hydrogens is 230 g/mol. The van der Waals surface area contributed by atoms with Crippen molar-refractivity contribution in [3.63, 3.8) is 0 Å². The Labute approximate surface area is 107 Å². The topological polar surface area (TPSA) is 66.4 Å². The molecule has 3 fully saturated rings. The molecule has 0 heterocycles. The molecule has 100 valence electrons. The van der Waals surface area contributed by atoms with Crippen LogP contribution in [0.5, 0.6) is 0 Å². The predicted molar refractivity (Wildman–Crippen MR) is 65.8 cm³/mol. The zero-order chi connectivity index (χ0) is 12.7. The molecule has 3 unspecified atom stereocenters. The fourth-order valence-electron chi connectivity index (χ4n) is 4.21. The monoisotopic (exact) mass is 251 g/mol. The zero-order valence-electron chi connectivity index (χ0n) is 10.6. The van der Waals surface area contributed by atoms with Crippen LogP contribution < -0.4 is 5.32 Å².